The molecule has 10 nitrogen and oxygen atoms in total. The van der Waals surface area contributed by atoms with Crippen molar-refractivity contribution in [3.8, 4) is 0 Å². The summed E-state index contributed by atoms with van der Waals surface area (Å²) < 4.78 is 0. The van der Waals surface area contributed by atoms with E-state index in [1.165, 1.54) is 0 Å². The van der Waals surface area contributed by atoms with E-state index in [9.17, 15) is 19.5 Å². The fraction of sp³-hybridized carbons (Fsp3) is 0.800. The summed E-state index contributed by atoms with van der Waals surface area (Å²) in [5, 5.41) is 38.7. The second kappa shape index (κ2) is 9.86. The lowest BCUT2D eigenvalue weighted by Crippen LogP contribution is -2.60. The molecule has 26 heavy (non-hydrogen) atoms. The molecular weight excluding hydrogens is 345 g/mol. The van der Waals surface area contributed by atoms with E-state index in [-0.39, 0.29) is 38.0 Å². The molecule has 9 N–H and O–H groups in total. The van der Waals surface area contributed by atoms with Gasteiger partial charge in [-0.2, -0.15) is 0 Å². The van der Waals surface area contributed by atoms with E-state index in [1.807, 2.05) is 0 Å². The largest absolute Gasteiger partial charge is 0.481 e. The van der Waals surface area contributed by atoms with Crippen LogP contribution in [0.15, 0.2) is 0 Å². The molecule has 0 radical (unpaired) electrons. The fourth-order valence-corrected chi connectivity index (χ4v) is 3.38. The van der Waals surface area contributed by atoms with Crippen LogP contribution >= 0.6 is 0 Å². The number of rotatable bonds is 10. The van der Waals surface area contributed by atoms with Crippen LogP contribution in [0.2, 0.25) is 6.32 Å². The van der Waals surface area contributed by atoms with Crippen LogP contribution in [-0.4, -0.2) is 63.4 Å². The second-order valence-corrected chi connectivity index (χ2v) is 7.03. The average molecular weight is 373 g/mol. The average Bonchev–Trinajstić information content (AvgIpc) is 2.56. The van der Waals surface area contributed by atoms with Crippen molar-refractivity contribution in [1.82, 2.24) is 5.32 Å². The van der Waals surface area contributed by atoms with Gasteiger partial charge < -0.3 is 37.0 Å². The summed E-state index contributed by atoms with van der Waals surface area (Å²) in [6.07, 6.45) is 1.70. The van der Waals surface area contributed by atoms with Gasteiger partial charge in [-0.15, -0.1) is 0 Å². The molecule has 0 aromatic carbocycles. The molecule has 0 aliphatic heterocycles. The topological polar surface area (TPSA) is 196 Å². The Bertz CT molecular complexity index is 519. The molecule has 0 heterocycles. The van der Waals surface area contributed by atoms with Crippen LogP contribution in [0.3, 0.4) is 0 Å². The first-order valence-corrected chi connectivity index (χ1v) is 8.69. The Labute approximate surface area is 152 Å². The number of nitrogens with one attached hydrogen (secondary N) is 1. The Kier molecular flexibility index (Phi) is 8.48. The van der Waals surface area contributed by atoms with Crippen LogP contribution in [-0.2, 0) is 14.4 Å². The van der Waals surface area contributed by atoms with Crippen LogP contribution < -0.4 is 16.8 Å². The smallest absolute Gasteiger partial charge is 0.451 e. The number of hydrogen-bond donors (Lipinski definition) is 7. The first kappa shape index (κ1) is 22.4. The minimum atomic E-state index is -1.53. The van der Waals surface area contributed by atoms with Crippen LogP contribution in [0, 0.1) is 11.8 Å². The van der Waals surface area contributed by atoms with Crippen molar-refractivity contribution in [3.05, 3.63) is 0 Å². The molecule has 148 valence electrons. The molecule has 0 unspecified atom stereocenters. The summed E-state index contributed by atoms with van der Waals surface area (Å²) >= 11 is 0. The Morgan fingerprint density at radius 3 is 2.42 bits per heavy atom. The molecule has 0 aromatic rings. The summed E-state index contributed by atoms with van der Waals surface area (Å²) in [5.74, 6) is -3.29. The minimum absolute atomic E-state index is 0.00983. The Morgan fingerprint density at radius 1 is 1.23 bits per heavy atom. The zero-order valence-electron chi connectivity index (χ0n) is 14.6. The van der Waals surface area contributed by atoms with E-state index in [1.54, 1.807) is 0 Å². The SMILES string of the molecule is N[C@@H](CCC(=O)O)C(=O)NC[C@@H]1CC[C@@H](CCB(O)O)C[C@]1(N)C(=O)O. The molecule has 1 aliphatic carbocycles. The number of carbonyl (C=O) groups is 3. The van der Waals surface area contributed by atoms with E-state index >= 15 is 0 Å². The van der Waals surface area contributed by atoms with Crippen LogP contribution in [0.25, 0.3) is 0 Å². The second-order valence-electron chi connectivity index (χ2n) is 7.03. The molecule has 4 atom stereocenters. The first-order valence-electron chi connectivity index (χ1n) is 8.69. The van der Waals surface area contributed by atoms with E-state index in [2.05, 4.69) is 5.32 Å². The van der Waals surface area contributed by atoms with Gasteiger partial charge in [-0.1, -0.05) is 6.42 Å². The number of nitrogens with two attached hydrogens (primary N) is 2. The lowest BCUT2D eigenvalue weighted by molar-refractivity contribution is -0.148. The van der Waals surface area contributed by atoms with E-state index in [4.69, 9.17) is 26.6 Å². The van der Waals surface area contributed by atoms with Crippen LogP contribution in [0.1, 0.15) is 38.5 Å². The quantitative estimate of drug-likeness (QED) is 0.220. The standard InChI is InChI=1S/C15H28BN3O7/c17-11(3-4-12(20)21)13(22)19-8-10-2-1-9(5-6-16(25)26)7-15(10,18)14(23)24/h9-11,25-26H,1-8,17-18H2,(H,19,22)(H,20,21)(H,23,24)/t9-,10-,11-,15+/m0/s1. The summed E-state index contributed by atoms with van der Waals surface area (Å²) in [7, 11) is -1.43. The maximum absolute atomic E-state index is 11.9. The molecule has 1 aliphatic rings. The molecular formula is C15H28BN3O7. The normalized spacial score (nSPS) is 26.8. The van der Waals surface area contributed by atoms with Gasteiger partial charge in [-0.05, 0) is 37.9 Å². The van der Waals surface area contributed by atoms with Gasteiger partial charge in [0.25, 0.3) is 0 Å². The molecule has 1 amide bonds. The molecule has 11 heteroatoms. The number of hydrogen-bond acceptors (Lipinski definition) is 7. The molecule has 0 bridgehead atoms. The number of amides is 1. The van der Waals surface area contributed by atoms with E-state index < -0.39 is 42.5 Å². The Morgan fingerprint density at radius 2 is 1.88 bits per heavy atom. The van der Waals surface area contributed by atoms with E-state index in [0.717, 1.165) is 0 Å². The van der Waals surface area contributed by atoms with Crippen LogP contribution in [0.5, 0.6) is 0 Å². The zero-order chi connectivity index (χ0) is 19.9. The third-order valence-electron chi connectivity index (χ3n) is 5.04. The monoisotopic (exact) mass is 373 g/mol. The van der Waals surface area contributed by atoms with Gasteiger partial charge in [-0.3, -0.25) is 14.4 Å². The first-order chi connectivity index (χ1) is 12.1. The molecule has 0 spiro atoms. The van der Waals surface area contributed by atoms with Gasteiger partial charge >= 0.3 is 19.1 Å². The maximum atomic E-state index is 11.9. The Hall–Kier alpha value is -1.69. The van der Waals surface area contributed by atoms with Gasteiger partial charge in [0.05, 0.1) is 6.04 Å². The number of aliphatic carboxylic acids is 2. The number of carboxylic acids is 2. The van der Waals surface area contributed by atoms with Gasteiger partial charge in [0, 0.05) is 18.9 Å². The molecule has 1 rings (SSSR count). The molecule has 1 fully saturated rings. The Balaban J connectivity index is 2.61. The lowest BCUT2D eigenvalue weighted by atomic mass is 9.66. The van der Waals surface area contributed by atoms with Crippen LogP contribution in [0.4, 0.5) is 0 Å². The predicted molar refractivity (Wildman–Crippen MR) is 92.9 cm³/mol. The fourth-order valence-electron chi connectivity index (χ4n) is 3.38. The van der Waals surface area contributed by atoms with E-state index in [0.29, 0.717) is 19.3 Å². The predicted octanol–water partition coefficient (Wildman–Crippen LogP) is -1.64. The van der Waals surface area contributed by atoms with Crippen molar-refractivity contribution in [3.63, 3.8) is 0 Å². The minimum Gasteiger partial charge on any atom is -0.481 e. The summed E-state index contributed by atoms with van der Waals surface area (Å²) in [5.41, 5.74) is 10.2. The lowest BCUT2D eigenvalue weighted by Gasteiger charge is -2.41. The highest BCUT2D eigenvalue weighted by Gasteiger charge is 2.47. The van der Waals surface area contributed by atoms with Crippen molar-refractivity contribution in [2.45, 2.75) is 56.4 Å². The van der Waals surface area contributed by atoms with Crippen molar-refractivity contribution >= 4 is 25.0 Å². The molecule has 1 saturated carbocycles. The molecule has 0 saturated heterocycles. The summed E-state index contributed by atoms with van der Waals surface area (Å²) in [4.78, 5) is 34.2. The molecule has 0 aromatic heterocycles. The zero-order valence-corrected chi connectivity index (χ0v) is 14.6. The van der Waals surface area contributed by atoms with Gasteiger partial charge in [0.1, 0.15) is 5.54 Å². The van der Waals surface area contributed by atoms with Crippen molar-refractivity contribution in [1.29, 1.82) is 0 Å². The summed E-state index contributed by atoms with van der Waals surface area (Å²) in [6, 6.07) is -0.981. The maximum Gasteiger partial charge on any atom is 0.451 e. The number of carboxylic acid groups (broad SMARTS) is 2. The van der Waals surface area contributed by atoms with Gasteiger partial charge in [0.15, 0.2) is 0 Å². The highest BCUT2D eigenvalue weighted by molar-refractivity contribution is 6.40. The third-order valence-corrected chi connectivity index (χ3v) is 5.04. The van der Waals surface area contributed by atoms with Gasteiger partial charge in [-0.25, -0.2) is 0 Å². The van der Waals surface area contributed by atoms with Crippen molar-refractivity contribution in [2.75, 3.05) is 6.54 Å². The third kappa shape index (κ3) is 6.56. The van der Waals surface area contributed by atoms with Crippen molar-refractivity contribution < 1.29 is 34.6 Å². The van der Waals surface area contributed by atoms with Gasteiger partial charge in [0.2, 0.25) is 5.91 Å². The number of carbonyl (C=O) groups excluding carboxylic acids is 1. The highest BCUT2D eigenvalue weighted by Crippen LogP contribution is 2.38. The summed E-state index contributed by atoms with van der Waals surface area (Å²) in [6.45, 7) is 0.0394. The van der Waals surface area contributed by atoms with Crippen molar-refractivity contribution in [2.24, 2.45) is 23.3 Å². The highest BCUT2D eigenvalue weighted by atomic mass is 16.4.